The van der Waals surface area contributed by atoms with Gasteiger partial charge in [0.05, 0.1) is 0 Å². The van der Waals surface area contributed by atoms with Crippen LogP contribution in [0.15, 0.2) is 0 Å². The van der Waals surface area contributed by atoms with E-state index in [1.807, 2.05) is 0 Å². The molecule has 2 nitrogen and oxygen atoms in total. The Balaban J connectivity index is 3.79. The fraction of sp³-hybridized carbons (Fsp3) is 1.00. The number of hydrogen-bond acceptors (Lipinski definition) is 2. The number of halogens is 2. The number of alkyl halides is 2. The second-order valence-electron chi connectivity index (χ2n) is 1.72. The van der Waals surface area contributed by atoms with E-state index >= 15 is 0 Å². The minimum absolute atomic E-state index is 0.0972. The molecule has 9 heavy (non-hydrogen) atoms. The van der Waals surface area contributed by atoms with E-state index in [0.717, 1.165) is 7.11 Å². The van der Waals surface area contributed by atoms with Crippen molar-refractivity contribution in [1.82, 2.24) is 0 Å². The Labute approximate surface area is 52.4 Å². The minimum Gasteiger partial charge on any atom is -0.372 e. The maximum atomic E-state index is 11.8. The van der Waals surface area contributed by atoms with E-state index in [0.29, 0.717) is 0 Å². The van der Waals surface area contributed by atoms with Gasteiger partial charge in [0, 0.05) is 7.11 Å². The molecule has 0 saturated carbocycles. The Morgan fingerprint density at radius 2 is 2.11 bits per heavy atom. The van der Waals surface area contributed by atoms with Crippen molar-refractivity contribution in [1.29, 1.82) is 0 Å². The summed E-state index contributed by atoms with van der Waals surface area (Å²) in [6.45, 7) is 1.51. The van der Waals surface area contributed by atoms with Gasteiger partial charge in [-0.05, 0) is 6.42 Å². The third kappa shape index (κ3) is 2.72. The summed E-state index contributed by atoms with van der Waals surface area (Å²) in [4.78, 5) is 0. The van der Waals surface area contributed by atoms with Crippen molar-refractivity contribution in [2.24, 2.45) is 0 Å². The Morgan fingerprint density at radius 1 is 1.67 bits per heavy atom. The normalized spacial score (nSPS) is 15.7. The number of hydrogen-bond donors (Lipinski definition) is 1. The van der Waals surface area contributed by atoms with Gasteiger partial charge >= 0.3 is 6.11 Å². The predicted octanol–water partition coefficient (Wildman–Crippen LogP) is 0.996. The second kappa shape index (κ2) is 3.08. The van der Waals surface area contributed by atoms with Gasteiger partial charge in [0.25, 0.3) is 0 Å². The van der Waals surface area contributed by atoms with Crippen LogP contribution in [0.3, 0.4) is 0 Å². The van der Waals surface area contributed by atoms with Crippen molar-refractivity contribution in [3.8, 4) is 0 Å². The summed E-state index contributed by atoms with van der Waals surface area (Å²) in [5, 5.41) is 8.02. The van der Waals surface area contributed by atoms with Gasteiger partial charge in [-0.25, -0.2) is 0 Å². The highest BCUT2D eigenvalue weighted by molar-refractivity contribution is 4.62. The van der Waals surface area contributed by atoms with Crippen LogP contribution >= 0.6 is 0 Å². The summed E-state index contributed by atoms with van der Waals surface area (Å²) < 4.78 is 27.9. The molecule has 0 saturated heterocycles. The molecular formula is C5H10F2O2. The van der Waals surface area contributed by atoms with Crippen molar-refractivity contribution < 1.29 is 18.6 Å². The SMILES string of the molecule is CCC(OC)C(O)(F)F. The molecule has 0 aliphatic heterocycles. The number of ether oxygens (including phenoxy) is 1. The summed E-state index contributed by atoms with van der Waals surface area (Å²) in [5.74, 6) is 0. The van der Waals surface area contributed by atoms with Crippen LogP contribution in [0.5, 0.6) is 0 Å². The molecule has 0 aromatic heterocycles. The lowest BCUT2D eigenvalue weighted by molar-refractivity contribution is -0.265. The molecule has 0 aromatic carbocycles. The van der Waals surface area contributed by atoms with Crippen molar-refractivity contribution in [3.05, 3.63) is 0 Å². The number of methoxy groups -OCH3 is 1. The van der Waals surface area contributed by atoms with Gasteiger partial charge in [0.2, 0.25) is 0 Å². The molecule has 0 aromatic rings. The maximum absolute atomic E-state index is 11.8. The fourth-order valence-electron chi connectivity index (χ4n) is 0.554. The average molecular weight is 140 g/mol. The highest BCUT2D eigenvalue weighted by Crippen LogP contribution is 2.18. The molecule has 0 rings (SSSR count). The van der Waals surface area contributed by atoms with Gasteiger partial charge in [0.15, 0.2) is 0 Å². The zero-order valence-electron chi connectivity index (χ0n) is 5.40. The van der Waals surface area contributed by atoms with Crippen LogP contribution in [-0.2, 0) is 4.74 Å². The van der Waals surface area contributed by atoms with Crippen LogP contribution in [0.2, 0.25) is 0 Å². The molecule has 0 bridgehead atoms. The quantitative estimate of drug-likeness (QED) is 0.633. The zero-order valence-corrected chi connectivity index (χ0v) is 5.40. The Morgan fingerprint density at radius 3 is 2.11 bits per heavy atom. The average Bonchev–Trinajstić information content (AvgIpc) is 1.65. The Kier molecular flexibility index (Phi) is 3.00. The lowest BCUT2D eigenvalue weighted by atomic mass is 10.2. The van der Waals surface area contributed by atoms with E-state index in [4.69, 9.17) is 5.11 Å². The van der Waals surface area contributed by atoms with Crippen LogP contribution in [0, 0.1) is 0 Å². The van der Waals surface area contributed by atoms with E-state index in [1.165, 1.54) is 6.92 Å². The Hall–Kier alpha value is -0.220. The first-order valence-electron chi connectivity index (χ1n) is 2.65. The highest BCUT2D eigenvalue weighted by atomic mass is 19.3. The van der Waals surface area contributed by atoms with Crippen LogP contribution in [0.25, 0.3) is 0 Å². The van der Waals surface area contributed by atoms with Crippen LogP contribution in [0.4, 0.5) is 8.78 Å². The molecule has 0 spiro atoms. The van der Waals surface area contributed by atoms with E-state index in [2.05, 4.69) is 4.74 Å². The van der Waals surface area contributed by atoms with Crippen molar-refractivity contribution in [3.63, 3.8) is 0 Å². The molecule has 4 heteroatoms. The van der Waals surface area contributed by atoms with Crippen LogP contribution < -0.4 is 0 Å². The molecule has 0 aliphatic rings. The van der Waals surface area contributed by atoms with Gasteiger partial charge in [-0.2, -0.15) is 8.78 Å². The molecule has 0 amide bonds. The first kappa shape index (κ1) is 8.78. The van der Waals surface area contributed by atoms with Gasteiger partial charge in [-0.15, -0.1) is 0 Å². The highest BCUT2D eigenvalue weighted by Gasteiger charge is 2.35. The van der Waals surface area contributed by atoms with Gasteiger partial charge in [0.1, 0.15) is 6.10 Å². The lowest BCUT2D eigenvalue weighted by Gasteiger charge is -2.17. The van der Waals surface area contributed by atoms with Crippen LogP contribution in [0.1, 0.15) is 13.3 Å². The molecule has 1 unspecified atom stereocenters. The fourth-order valence-corrected chi connectivity index (χ4v) is 0.554. The van der Waals surface area contributed by atoms with Gasteiger partial charge < -0.3 is 9.84 Å². The number of rotatable bonds is 3. The van der Waals surface area contributed by atoms with Crippen molar-refractivity contribution in [2.75, 3.05) is 7.11 Å². The standard InChI is InChI=1S/C5H10F2O2/c1-3-4(9-2)5(6,7)8/h4,8H,3H2,1-2H3. The van der Waals surface area contributed by atoms with E-state index in [-0.39, 0.29) is 6.42 Å². The van der Waals surface area contributed by atoms with Crippen molar-refractivity contribution in [2.45, 2.75) is 25.6 Å². The molecule has 0 fully saturated rings. The first-order chi connectivity index (χ1) is 4.02. The summed E-state index contributed by atoms with van der Waals surface area (Å²) in [7, 11) is 1.14. The zero-order chi connectivity index (χ0) is 7.49. The molecule has 0 heterocycles. The number of aliphatic hydroxyl groups is 1. The summed E-state index contributed by atoms with van der Waals surface area (Å²) in [6, 6.07) is 0. The Bertz CT molecular complexity index is 75.5. The predicted molar refractivity (Wildman–Crippen MR) is 28.3 cm³/mol. The van der Waals surface area contributed by atoms with Crippen LogP contribution in [-0.4, -0.2) is 24.4 Å². The monoisotopic (exact) mass is 140 g/mol. The second-order valence-corrected chi connectivity index (χ2v) is 1.72. The third-order valence-electron chi connectivity index (χ3n) is 1.04. The molecule has 0 aliphatic carbocycles. The smallest absolute Gasteiger partial charge is 0.372 e. The van der Waals surface area contributed by atoms with E-state index in [1.54, 1.807) is 0 Å². The lowest BCUT2D eigenvalue weighted by Crippen LogP contribution is -2.33. The molecular weight excluding hydrogens is 130 g/mol. The molecule has 56 valence electrons. The topological polar surface area (TPSA) is 29.5 Å². The maximum Gasteiger partial charge on any atom is 0.379 e. The van der Waals surface area contributed by atoms with Gasteiger partial charge in [-0.3, -0.25) is 0 Å². The molecule has 0 radical (unpaired) electrons. The van der Waals surface area contributed by atoms with Gasteiger partial charge in [-0.1, -0.05) is 6.92 Å². The molecule has 1 atom stereocenters. The summed E-state index contributed by atoms with van der Waals surface area (Å²) >= 11 is 0. The molecule has 1 N–H and O–H groups in total. The van der Waals surface area contributed by atoms with E-state index < -0.39 is 12.2 Å². The van der Waals surface area contributed by atoms with E-state index in [9.17, 15) is 8.78 Å². The summed E-state index contributed by atoms with van der Waals surface area (Å²) in [6.07, 6.45) is -4.98. The first-order valence-corrected chi connectivity index (χ1v) is 2.65. The minimum atomic E-state index is -3.70. The largest absolute Gasteiger partial charge is 0.379 e. The summed E-state index contributed by atoms with van der Waals surface area (Å²) in [5.41, 5.74) is 0. The third-order valence-corrected chi connectivity index (χ3v) is 1.04. The van der Waals surface area contributed by atoms with Crippen molar-refractivity contribution >= 4 is 0 Å².